The number of benzene rings is 1. The number of nitrogens with one attached hydrogen (secondary N) is 2. The number of likely N-dealkylation sites (N-methyl/N-ethyl adjacent to an activating group) is 1. The zero-order chi connectivity index (χ0) is 22.8. The highest BCUT2D eigenvalue weighted by Gasteiger charge is 2.32. The summed E-state index contributed by atoms with van der Waals surface area (Å²) in [6.07, 6.45) is -2.44. The third-order valence-corrected chi connectivity index (χ3v) is 4.72. The lowest BCUT2D eigenvalue weighted by Gasteiger charge is -2.26. The SMILES string of the molecule is Cc1cc(C(F)(F)F)ccc1[C@H](C)N(C)C(=O)C(=O)Nc1cnc(N)c(C=N)c1N. The highest BCUT2D eigenvalue weighted by Crippen LogP contribution is 2.32. The van der Waals surface area contributed by atoms with E-state index in [0.717, 1.165) is 29.4 Å². The number of nitrogens with two attached hydrogens (primary N) is 2. The van der Waals surface area contributed by atoms with Crippen LogP contribution in [0.15, 0.2) is 24.4 Å². The number of amides is 2. The largest absolute Gasteiger partial charge is 0.416 e. The predicted molar refractivity (Wildman–Crippen MR) is 107 cm³/mol. The lowest BCUT2D eigenvalue weighted by atomic mass is 9.98. The molecule has 2 amide bonds. The lowest BCUT2D eigenvalue weighted by molar-refractivity contribution is -0.143. The van der Waals surface area contributed by atoms with Gasteiger partial charge in [0.15, 0.2) is 0 Å². The van der Waals surface area contributed by atoms with Gasteiger partial charge in [-0.1, -0.05) is 6.07 Å². The number of nitrogens with zero attached hydrogens (tertiary/aromatic N) is 2. The van der Waals surface area contributed by atoms with Crippen molar-refractivity contribution in [2.45, 2.75) is 26.1 Å². The topological polar surface area (TPSA) is 138 Å². The molecule has 0 aliphatic carbocycles. The Labute approximate surface area is 170 Å². The van der Waals surface area contributed by atoms with Crippen molar-refractivity contribution in [2.24, 2.45) is 0 Å². The molecule has 0 aliphatic rings. The molecule has 0 bridgehead atoms. The van der Waals surface area contributed by atoms with Gasteiger partial charge in [-0.3, -0.25) is 9.59 Å². The van der Waals surface area contributed by atoms with Crippen molar-refractivity contribution in [2.75, 3.05) is 23.8 Å². The molecule has 0 saturated heterocycles. The molecule has 1 aromatic carbocycles. The number of rotatable bonds is 4. The molecule has 8 nitrogen and oxygen atoms in total. The summed E-state index contributed by atoms with van der Waals surface area (Å²) < 4.78 is 38.6. The van der Waals surface area contributed by atoms with Gasteiger partial charge < -0.3 is 27.1 Å². The molecule has 0 fully saturated rings. The number of hydrogen-bond donors (Lipinski definition) is 4. The maximum atomic E-state index is 12.9. The third-order valence-electron chi connectivity index (χ3n) is 4.72. The third kappa shape index (κ3) is 4.50. The van der Waals surface area contributed by atoms with Crippen molar-refractivity contribution in [3.8, 4) is 0 Å². The van der Waals surface area contributed by atoms with Crippen LogP contribution in [0.1, 0.15) is 35.2 Å². The summed E-state index contributed by atoms with van der Waals surface area (Å²) in [5.41, 5.74) is 11.5. The van der Waals surface area contributed by atoms with E-state index < -0.39 is 29.6 Å². The predicted octanol–water partition coefficient (Wildman–Crippen LogP) is 2.73. The zero-order valence-electron chi connectivity index (χ0n) is 16.5. The maximum absolute atomic E-state index is 12.9. The summed E-state index contributed by atoms with van der Waals surface area (Å²) >= 11 is 0. The highest BCUT2D eigenvalue weighted by molar-refractivity contribution is 6.39. The molecular formula is C19H21F3N6O2. The van der Waals surface area contributed by atoms with Crippen LogP contribution in [0, 0.1) is 12.3 Å². The molecule has 0 aliphatic heterocycles. The Morgan fingerprint density at radius 3 is 2.47 bits per heavy atom. The second-order valence-corrected chi connectivity index (χ2v) is 6.64. The average molecular weight is 422 g/mol. The Balaban J connectivity index is 2.21. The molecule has 0 radical (unpaired) electrons. The summed E-state index contributed by atoms with van der Waals surface area (Å²) in [5.74, 6) is -1.96. The molecule has 0 saturated carbocycles. The van der Waals surface area contributed by atoms with E-state index >= 15 is 0 Å². The van der Waals surface area contributed by atoms with Gasteiger partial charge in [-0.2, -0.15) is 13.2 Å². The second kappa shape index (κ2) is 8.39. The van der Waals surface area contributed by atoms with Gasteiger partial charge in [-0.05, 0) is 37.1 Å². The van der Waals surface area contributed by atoms with Crippen LogP contribution in [0.2, 0.25) is 0 Å². The first-order valence-electron chi connectivity index (χ1n) is 8.68. The van der Waals surface area contributed by atoms with Crippen LogP contribution < -0.4 is 16.8 Å². The number of nitrogen functional groups attached to an aromatic ring is 2. The fraction of sp³-hybridized carbons (Fsp3) is 0.263. The van der Waals surface area contributed by atoms with Crippen molar-refractivity contribution >= 4 is 35.2 Å². The van der Waals surface area contributed by atoms with Gasteiger partial charge in [-0.15, -0.1) is 0 Å². The van der Waals surface area contributed by atoms with E-state index in [1.807, 2.05) is 0 Å². The van der Waals surface area contributed by atoms with Gasteiger partial charge >= 0.3 is 18.0 Å². The fourth-order valence-electron chi connectivity index (χ4n) is 2.85. The summed E-state index contributed by atoms with van der Waals surface area (Å²) in [7, 11) is 1.36. The molecule has 1 aromatic heterocycles. The highest BCUT2D eigenvalue weighted by atomic mass is 19.4. The Hall–Kier alpha value is -3.63. The van der Waals surface area contributed by atoms with Crippen molar-refractivity contribution in [3.63, 3.8) is 0 Å². The van der Waals surface area contributed by atoms with E-state index in [1.165, 1.54) is 20.0 Å². The first-order valence-corrected chi connectivity index (χ1v) is 8.68. The van der Waals surface area contributed by atoms with Crippen LogP contribution >= 0.6 is 0 Å². The van der Waals surface area contributed by atoms with E-state index in [2.05, 4.69) is 10.3 Å². The number of aryl methyl sites for hydroxylation is 1. The number of halogens is 3. The number of hydrogen-bond acceptors (Lipinski definition) is 6. The summed E-state index contributed by atoms with van der Waals surface area (Å²) in [6.45, 7) is 3.09. The Bertz CT molecular complexity index is 1010. The van der Waals surface area contributed by atoms with Gasteiger partial charge in [0.2, 0.25) is 0 Å². The van der Waals surface area contributed by atoms with E-state index in [4.69, 9.17) is 16.9 Å². The molecular weight excluding hydrogens is 401 g/mol. The first kappa shape index (κ1) is 22.7. The molecule has 30 heavy (non-hydrogen) atoms. The summed E-state index contributed by atoms with van der Waals surface area (Å²) in [4.78, 5) is 29.8. The molecule has 2 rings (SSSR count). The van der Waals surface area contributed by atoms with Crippen LogP contribution in [-0.4, -0.2) is 35.0 Å². The minimum atomic E-state index is -4.48. The molecule has 11 heteroatoms. The number of anilines is 3. The van der Waals surface area contributed by atoms with Crippen molar-refractivity contribution in [1.29, 1.82) is 5.41 Å². The second-order valence-electron chi connectivity index (χ2n) is 6.64. The van der Waals surface area contributed by atoms with E-state index in [-0.39, 0.29) is 22.8 Å². The minimum absolute atomic E-state index is 0.00431. The Morgan fingerprint density at radius 1 is 1.30 bits per heavy atom. The Morgan fingerprint density at radius 2 is 1.93 bits per heavy atom. The van der Waals surface area contributed by atoms with Gasteiger partial charge in [0, 0.05) is 13.3 Å². The molecule has 6 N–H and O–H groups in total. The lowest BCUT2D eigenvalue weighted by Crippen LogP contribution is -2.39. The number of alkyl halides is 3. The molecule has 160 valence electrons. The molecule has 1 atom stereocenters. The zero-order valence-corrected chi connectivity index (χ0v) is 16.5. The quantitative estimate of drug-likeness (QED) is 0.443. The number of pyridine rings is 1. The van der Waals surface area contributed by atoms with Crippen LogP contribution in [-0.2, 0) is 15.8 Å². The molecule has 0 spiro atoms. The van der Waals surface area contributed by atoms with Crippen LogP contribution in [0.25, 0.3) is 0 Å². The summed E-state index contributed by atoms with van der Waals surface area (Å²) in [6, 6.07) is 2.52. The van der Waals surface area contributed by atoms with Crippen molar-refractivity contribution in [3.05, 3.63) is 46.6 Å². The minimum Gasteiger partial charge on any atom is -0.396 e. The fourth-order valence-corrected chi connectivity index (χ4v) is 2.85. The first-order chi connectivity index (χ1) is 13.9. The van der Waals surface area contributed by atoms with Crippen molar-refractivity contribution in [1.82, 2.24) is 9.88 Å². The standard InChI is InChI=1S/C19H21F3N6O2/c1-9-6-11(19(20,21)22)4-5-12(9)10(2)28(3)18(30)17(29)27-14-8-26-16(25)13(7-23)15(14)24/h4-8,10,23H,1-3H3,(H,27,29)(H4,24,25,26)/t10-/m0/s1. The average Bonchev–Trinajstić information content (AvgIpc) is 2.68. The van der Waals surface area contributed by atoms with Gasteiger partial charge in [-0.25, -0.2) is 4.98 Å². The van der Waals surface area contributed by atoms with E-state index in [1.54, 1.807) is 6.92 Å². The van der Waals surface area contributed by atoms with Crippen LogP contribution in [0.4, 0.5) is 30.4 Å². The van der Waals surface area contributed by atoms with Crippen LogP contribution in [0.5, 0.6) is 0 Å². The van der Waals surface area contributed by atoms with Gasteiger partial charge in [0.1, 0.15) is 5.82 Å². The van der Waals surface area contributed by atoms with Gasteiger partial charge in [0.25, 0.3) is 0 Å². The number of carbonyl (C=O) groups is 2. The smallest absolute Gasteiger partial charge is 0.396 e. The summed E-state index contributed by atoms with van der Waals surface area (Å²) in [5, 5.41) is 9.62. The van der Waals surface area contributed by atoms with Crippen LogP contribution in [0.3, 0.4) is 0 Å². The number of aromatic nitrogens is 1. The van der Waals surface area contributed by atoms with Crippen molar-refractivity contribution < 1.29 is 22.8 Å². The van der Waals surface area contributed by atoms with Gasteiger partial charge in [0.05, 0.1) is 34.7 Å². The van der Waals surface area contributed by atoms with E-state index in [9.17, 15) is 22.8 Å². The molecule has 0 unspecified atom stereocenters. The normalized spacial score (nSPS) is 12.2. The number of carbonyl (C=O) groups excluding carboxylic acids is 2. The Kier molecular flexibility index (Phi) is 6.34. The molecule has 2 aromatic rings. The molecule has 1 heterocycles. The maximum Gasteiger partial charge on any atom is 0.416 e. The monoisotopic (exact) mass is 422 g/mol. The van der Waals surface area contributed by atoms with E-state index in [0.29, 0.717) is 11.1 Å².